The molecule has 0 atom stereocenters. The van der Waals surface area contributed by atoms with E-state index < -0.39 is 0 Å². The minimum absolute atomic E-state index is 0.151. The summed E-state index contributed by atoms with van der Waals surface area (Å²) in [5, 5.41) is 2.07. The molecule has 1 fully saturated rings. The molecule has 1 saturated heterocycles. The number of rotatable bonds is 1. The lowest BCUT2D eigenvalue weighted by molar-refractivity contribution is 0.122. The van der Waals surface area contributed by atoms with Crippen molar-refractivity contribution in [3.05, 3.63) is 33.8 Å². The number of nitrogens with zero attached hydrogens (tertiary/aromatic N) is 2. The third kappa shape index (κ3) is 1.99. The van der Waals surface area contributed by atoms with Crippen LogP contribution in [0.15, 0.2) is 23.3 Å². The largest absolute Gasteiger partial charge is 0.378 e. The van der Waals surface area contributed by atoms with Crippen molar-refractivity contribution in [2.45, 2.75) is 0 Å². The van der Waals surface area contributed by atoms with Gasteiger partial charge >= 0.3 is 0 Å². The first-order valence-electron chi connectivity index (χ1n) is 6.75. The van der Waals surface area contributed by atoms with Crippen molar-refractivity contribution in [3.8, 4) is 0 Å². The molecular formula is C14H13ClN4O2. The van der Waals surface area contributed by atoms with E-state index >= 15 is 0 Å². The lowest BCUT2D eigenvalue weighted by atomic mass is 10.1. The lowest BCUT2D eigenvalue weighted by Crippen LogP contribution is -2.36. The van der Waals surface area contributed by atoms with Crippen molar-refractivity contribution in [3.63, 3.8) is 0 Å². The van der Waals surface area contributed by atoms with Crippen LogP contribution in [-0.2, 0) is 4.74 Å². The summed E-state index contributed by atoms with van der Waals surface area (Å²) in [4.78, 5) is 24.1. The highest BCUT2D eigenvalue weighted by Gasteiger charge is 2.17. The van der Waals surface area contributed by atoms with E-state index in [1.807, 2.05) is 12.1 Å². The Balaban J connectivity index is 1.98. The Hall–Kier alpha value is -2.05. The molecule has 0 radical (unpaired) electrons. The second-order valence-corrected chi connectivity index (χ2v) is 5.44. The van der Waals surface area contributed by atoms with Gasteiger partial charge in [0.25, 0.3) is 5.56 Å². The quantitative estimate of drug-likeness (QED) is 0.720. The Labute approximate surface area is 124 Å². The number of aromatic nitrogens is 3. The molecule has 4 rings (SSSR count). The molecule has 1 aromatic carbocycles. The molecule has 3 aromatic rings. The third-order valence-electron chi connectivity index (χ3n) is 3.81. The maximum Gasteiger partial charge on any atom is 0.260 e. The predicted octanol–water partition coefficient (Wildman–Crippen LogP) is 1.89. The number of morpholine rings is 1. The minimum Gasteiger partial charge on any atom is -0.378 e. The average molecular weight is 305 g/mol. The zero-order valence-electron chi connectivity index (χ0n) is 11.1. The average Bonchev–Trinajstić information content (AvgIpc) is 2.85. The first-order chi connectivity index (χ1) is 10.2. The fourth-order valence-corrected chi connectivity index (χ4v) is 3.07. The molecule has 0 bridgehead atoms. The summed E-state index contributed by atoms with van der Waals surface area (Å²) in [5.41, 5.74) is 2.17. The Kier molecular flexibility index (Phi) is 2.87. The highest BCUT2D eigenvalue weighted by molar-refractivity contribution is 6.34. The van der Waals surface area contributed by atoms with E-state index in [0.29, 0.717) is 29.3 Å². The van der Waals surface area contributed by atoms with Crippen molar-refractivity contribution >= 4 is 39.2 Å². The first kappa shape index (κ1) is 12.7. The van der Waals surface area contributed by atoms with Crippen LogP contribution in [0.25, 0.3) is 21.9 Å². The molecule has 0 spiro atoms. The van der Waals surface area contributed by atoms with Crippen LogP contribution in [0.4, 0.5) is 5.69 Å². The molecule has 7 heteroatoms. The number of benzene rings is 1. The maximum absolute atomic E-state index is 12.0. The molecule has 0 saturated carbocycles. The molecule has 3 heterocycles. The van der Waals surface area contributed by atoms with E-state index in [1.54, 1.807) is 0 Å². The van der Waals surface area contributed by atoms with Gasteiger partial charge in [0, 0.05) is 24.0 Å². The third-order valence-corrected chi connectivity index (χ3v) is 4.12. The lowest BCUT2D eigenvalue weighted by Gasteiger charge is -2.29. The van der Waals surface area contributed by atoms with Crippen LogP contribution in [0, 0.1) is 0 Å². The summed E-state index contributed by atoms with van der Waals surface area (Å²) in [6.07, 6.45) is 1.39. The summed E-state index contributed by atoms with van der Waals surface area (Å²) in [5.74, 6) is 0. The van der Waals surface area contributed by atoms with Crippen LogP contribution in [0.3, 0.4) is 0 Å². The van der Waals surface area contributed by atoms with Crippen LogP contribution in [-0.4, -0.2) is 41.3 Å². The van der Waals surface area contributed by atoms with Gasteiger partial charge in [0.1, 0.15) is 5.65 Å². The van der Waals surface area contributed by atoms with Crippen LogP contribution in [0.1, 0.15) is 0 Å². The van der Waals surface area contributed by atoms with Crippen LogP contribution >= 0.6 is 11.6 Å². The normalized spacial score (nSPS) is 16.0. The van der Waals surface area contributed by atoms with Crippen molar-refractivity contribution in [2.24, 2.45) is 0 Å². The van der Waals surface area contributed by atoms with Crippen molar-refractivity contribution < 1.29 is 4.74 Å². The SMILES string of the molecule is O=c1[nH]cnc2[nH]c3cc(Cl)c(N4CCOCC4)cc3c12. The summed E-state index contributed by atoms with van der Waals surface area (Å²) in [6, 6.07) is 3.81. The van der Waals surface area contributed by atoms with Gasteiger partial charge in [-0.05, 0) is 12.1 Å². The molecule has 2 N–H and O–H groups in total. The Bertz CT molecular complexity index is 880. The fourth-order valence-electron chi connectivity index (χ4n) is 2.79. The van der Waals surface area contributed by atoms with E-state index in [-0.39, 0.29) is 5.56 Å². The molecule has 0 unspecified atom stereocenters. The second-order valence-electron chi connectivity index (χ2n) is 5.03. The summed E-state index contributed by atoms with van der Waals surface area (Å²) in [7, 11) is 0. The van der Waals surface area contributed by atoms with E-state index in [4.69, 9.17) is 16.3 Å². The monoisotopic (exact) mass is 304 g/mol. The summed E-state index contributed by atoms with van der Waals surface area (Å²) >= 11 is 6.40. The molecule has 6 nitrogen and oxygen atoms in total. The minimum atomic E-state index is -0.151. The van der Waals surface area contributed by atoms with Gasteiger partial charge in [-0.2, -0.15) is 0 Å². The van der Waals surface area contributed by atoms with E-state index in [2.05, 4.69) is 19.9 Å². The van der Waals surface area contributed by atoms with Crippen LogP contribution < -0.4 is 10.5 Å². The Morgan fingerprint density at radius 3 is 2.90 bits per heavy atom. The highest BCUT2D eigenvalue weighted by atomic mass is 35.5. The van der Waals surface area contributed by atoms with E-state index in [1.165, 1.54) is 6.33 Å². The van der Waals surface area contributed by atoms with Gasteiger partial charge in [-0.15, -0.1) is 0 Å². The predicted molar refractivity (Wildman–Crippen MR) is 82.3 cm³/mol. The molecule has 108 valence electrons. The van der Waals surface area contributed by atoms with Crippen molar-refractivity contribution in [1.82, 2.24) is 15.0 Å². The Morgan fingerprint density at radius 1 is 1.29 bits per heavy atom. The number of fused-ring (bicyclic) bond motifs is 3. The van der Waals surface area contributed by atoms with Gasteiger partial charge in [0.15, 0.2) is 0 Å². The van der Waals surface area contributed by atoms with Gasteiger partial charge in [-0.1, -0.05) is 11.6 Å². The Morgan fingerprint density at radius 2 is 2.10 bits per heavy atom. The number of nitrogens with one attached hydrogen (secondary N) is 2. The highest BCUT2D eigenvalue weighted by Crippen LogP contribution is 2.33. The van der Waals surface area contributed by atoms with Gasteiger partial charge < -0.3 is 19.6 Å². The van der Waals surface area contributed by atoms with Crippen LogP contribution in [0.2, 0.25) is 5.02 Å². The van der Waals surface area contributed by atoms with Gasteiger partial charge in [0.05, 0.1) is 35.6 Å². The number of hydrogen-bond donors (Lipinski definition) is 2. The molecule has 1 aliphatic rings. The number of ether oxygens (including phenoxy) is 1. The zero-order chi connectivity index (χ0) is 14.4. The molecule has 1 aliphatic heterocycles. The van der Waals surface area contributed by atoms with Crippen molar-refractivity contribution in [1.29, 1.82) is 0 Å². The molecule has 0 aliphatic carbocycles. The maximum atomic E-state index is 12.0. The number of hydrogen-bond acceptors (Lipinski definition) is 4. The van der Waals surface area contributed by atoms with E-state index in [9.17, 15) is 4.79 Å². The van der Waals surface area contributed by atoms with Crippen LogP contribution in [0.5, 0.6) is 0 Å². The number of aromatic amines is 2. The molecule has 2 aromatic heterocycles. The van der Waals surface area contributed by atoms with Crippen molar-refractivity contribution in [2.75, 3.05) is 31.2 Å². The van der Waals surface area contributed by atoms with E-state index in [0.717, 1.165) is 29.7 Å². The van der Waals surface area contributed by atoms with Gasteiger partial charge in [-0.25, -0.2) is 4.98 Å². The molecule has 21 heavy (non-hydrogen) atoms. The number of halogens is 1. The smallest absolute Gasteiger partial charge is 0.260 e. The molecular weight excluding hydrogens is 292 g/mol. The topological polar surface area (TPSA) is 74.0 Å². The zero-order valence-corrected chi connectivity index (χ0v) is 11.9. The summed E-state index contributed by atoms with van der Waals surface area (Å²) < 4.78 is 5.37. The van der Waals surface area contributed by atoms with Gasteiger partial charge in [-0.3, -0.25) is 4.79 Å². The number of H-pyrrole nitrogens is 2. The first-order valence-corrected chi connectivity index (χ1v) is 7.13. The molecule has 0 amide bonds. The standard InChI is InChI=1S/C14H13ClN4O2/c15-9-6-10-8(5-11(9)19-1-3-21-4-2-19)12-13(18-10)16-7-17-14(12)20/h5-7H,1-4H2,(H2,16,17,18,20). The fraction of sp³-hybridized carbons (Fsp3) is 0.286. The second kappa shape index (κ2) is 4.75. The van der Waals surface area contributed by atoms with Gasteiger partial charge in [0.2, 0.25) is 0 Å². The summed E-state index contributed by atoms with van der Waals surface area (Å²) in [6.45, 7) is 2.96. The number of anilines is 1.